The molecular formula is C21H22ClN3O3. The van der Waals surface area contributed by atoms with E-state index in [1.807, 2.05) is 0 Å². The maximum absolute atomic E-state index is 12.8. The second kappa shape index (κ2) is 7.99. The summed E-state index contributed by atoms with van der Waals surface area (Å²) in [7, 11) is 3.30. The zero-order valence-corrected chi connectivity index (χ0v) is 16.7. The van der Waals surface area contributed by atoms with Crippen LogP contribution in [0.3, 0.4) is 0 Å². The van der Waals surface area contributed by atoms with Crippen molar-refractivity contribution in [3.63, 3.8) is 0 Å². The van der Waals surface area contributed by atoms with E-state index in [1.165, 1.54) is 7.11 Å². The van der Waals surface area contributed by atoms with Gasteiger partial charge in [0.05, 0.1) is 29.7 Å². The predicted octanol–water partition coefficient (Wildman–Crippen LogP) is 3.64. The number of allylic oxidation sites excluding steroid dienone is 3. The molecule has 2 aliphatic rings. The summed E-state index contributed by atoms with van der Waals surface area (Å²) in [4.78, 5) is 14.6. The second-order valence-electron chi connectivity index (χ2n) is 6.67. The average Bonchev–Trinajstić information content (AvgIpc) is 2.69. The molecule has 1 heterocycles. The van der Waals surface area contributed by atoms with Gasteiger partial charge in [-0.1, -0.05) is 24.3 Å². The highest BCUT2D eigenvalue weighted by Gasteiger charge is 2.39. The number of methoxy groups -OCH3 is 1. The van der Waals surface area contributed by atoms with Crippen molar-refractivity contribution < 1.29 is 14.3 Å². The lowest BCUT2D eigenvalue weighted by Crippen LogP contribution is -2.36. The van der Waals surface area contributed by atoms with Gasteiger partial charge in [-0.25, -0.2) is 0 Å². The third-order valence-electron chi connectivity index (χ3n) is 5.10. The molecule has 1 aromatic carbocycles. The van der Waals surface area contributed by atoms with Gasteiger partial charge in [-0.2, -0.15) is 5.26 Å². The Morgan fingerprint density at radius 1 is 1.46 bits per heavy atom. The van der Waals surface area contributed by atoms with Gasteiger partial charge in [0, 0.05) is 24.7 Å². The summed E-state index contributed by atoms with van der Waals surface area (Å²) in [6.07, 6.45) is 3.56. The van der Waals surface area contributed by atoms with E-state index in [2.05, 4.69) is 12.6 Å². The van der Waals surface area contributed by atoms with E-state index in [0.717, 1.165) is 18.5 Å². The van der Waals surface area contributed by atoms with Gasteiger partial charge in [0.15, 0.2) is 17.3 Å². The predicted molar refractivity (Wildman–Crippen MR) is 107 cm³/mol. The Balaban J connectivity index is 2.20. The van der Waals surface area contributed by atoms with Crippen LogP contribution in [0.15, 0.2) is 47.5 Å². The van der Waals surface area contributed by atoms with Gasteiger partial charge >= 0.3 is 0 Å². The maximum Gasteiger partial charge on any atom is 0.180 e. The molecule has 0 unspecified atom stereocenters. The van der Waals surface area contributed by atoms with E-state index in [-0.39, 0.29) is 12.4 Å². The third kappa shape index (κ3) is 3.23. The Kier molecular flexibility index (Phi) is 5.66. The number of hydrogen-bond donors (Lipinski definition) is 1. The van der Waals surface area contributed by atoms with Crippen LogP contribution in [0.25, 0.3) is 0 Å². The molecule has 1 atom stereocenters. The van der Waals surface area contributed by atoms with Gasteiger partial charge in [-0.05, 0) is 30.5 Å². The number of carbonyl (C=O) groups excluding carboxylic acids is 1. The van der Waals surface area contributed by atoms with Crippen molar-refractivity contribution in [2.45, 2.75) is 25.2 Å². The molecule has 1 aliphatic carbocycles. The molecule has 6 nitrogen and oxygen atoms in total. The third-order valence-corrected chi connectivity index (χ3v) is 5.38. The molecule has 0 bridgehead atoms. The molecule has 1 aliphatic heterocycles. The van der Waals surface area contributed by atoms with Crippen molar-refractivity contribution in [2.75, 3.05) is 20.8 Å². The zero-order chi connectivity index (χ0) is 20.4. The van der Waals surface area contributed by atoms with E-state index < -0.39 is 5.92 Å². The van der Waals surface area contributed by atoms with Crippen molar-refractivity contribution in [1.29, 1.82) is 5.26 Å². The molecule has 28 heavy (non-hydrogen) atoms. The van der Waals surface area contributed by atoms with Crippen LogP contribution in [0.2, 0.25) is 5.02 Å². The van der Waals surface area contributed by atoms with Crippen molar-refractivity contribution in [3.8, 4) is 17.6 Å². The molecule has 3 rings (SSSR count). The second-order valence-corrected chi connectivity index (χ2v) is 7.08. The molecule has 7 heteroatoms. The minimum Gasteiger partial charge on any atom is -0.493 e. The largest absolute Gasteiger partial charge is 0.493 e. The number of halogens is 1. The Labute approximate surface area is 169 Å². The molecule has 146 valence electrons. The van der Waals surface area contributed by atoms with Gasteiger partial charge in [0.2, 0.25) is 0 Å². The molecule has 0 saturated heterocycles. The number of hydrogen-bond acceptors (Lipinski definition) is 6. The zero-order valence-electron chi connectivity index (χ0n) is 15.9. The number of rotatable bonds is 5. The average molecular weight is 400 g/mol. The number of Topliss-reactive ketones (excluding diaryl/α,β-unsaturated/α-hetero) is 1. The number of ether oxygens (including phenoxy) is 2. The van der Waals surface area contributed by atoms with Gasteiger partial charge in [0.1, 0.15) is 12.4 Å². The van der Waals surface area contributed by atoms with Gasteiger partial charge in [0.25, 0.3) is 0 Å². The Hall–Kier alpha value is -2.91. The molecule has 0 aromatic heterocycles. The minimum atomic E-state index is -0.580. The molecular weight excluding hydrogens is 378 g/mol. The van der Waals surface area contributed by atoms with Crippen LogP contribution in [0.1, 0.15) is 30.7 Å². The first-order valence-electron chi connectivity index (χ1n) is 8.95. The normalized spacial score (nSPS) is 19.3. The first-order valence-corrected chi connectivity index (χ1v) is 9.33. The van der Waals surface area contributed by atoms with Crippen LogP contribution in [0.5, 0.6) is 11.5 Å². The number of ketones is 1. The standard InChI is InChI=1S/C21H22ClN3O3/c1-4-8-28-20-14(22)9-12(10-17(20)27-3)18-13(11-23)21(24)25(2)15-6-5-7-16(26)19(15)18/h4,9-10,18H,1,5-8,24H2,2-3H3/t18-/m1/s1. The number of carbonyl (C=O) groups is 1. The van der Waals surface area contributed by atoms with Crippen LogP contribution in [-0.2, 0) is 4.79 Å². The first kappa shape index (κ1) is 19.8. The summed E-state index contributed by atoms with van der Waals surface area (Å²) in [5.41, 5.74) is 8.72. The number of benzene rings is 1. The van der Waals surface area contributed by atoms with Crippen molar-refractivity contribution >= 4 is 17.4 Å². The minimum absolute atomic E-state index is 0.0282. The van der Waals surface area contributed by atoms with Crippen LogP contribution < -0.4 is 15.2 Å². The lowest BCUT2D eigenvalue weighted by molar-refractivity contribution is -0.116. The fourth-order valence-corrected chi connectivity index (χ4v) is 4.06. The topological polar surface area (TPSA) is 88.6 Å². The monoisotopic (exact) mass is 399 g/mol. The molecule has 1 aromatic rings. The van der Waals surface area contributed by atoms with Crippen molar-refractivity contribution in [3.05, 3.63) is 58.0 Å². The summed E-state index contributed by atoms with van der Waals surface area (Å²) in [5, 5.41) is 10.1. The quantitative estimate of drug-likeness (QED) is 0.760. The Morgan fingerprint density at radius 2 is 2.21 bits per heavy atom. The Morgan fingerprint density at radius 3 is 2.86 bits per heavy atom. The van der Waals surface area contributed by atoms with E-state index in [0.29, 0.717) is 45.5 Å². The molecule has 0 radical (unpaired) electrons. The summed E-state index contributed by atoms with van der Waals surface area (Å²) in [6, 6.07) is 5.64. The van der Waals surface area contributed by atoms with Crippen LogP contribution in [0.4, 0.5) is 0 Å². The number of nitrogens with zero attached hydrogens (tertiary/aromatic N) is 2. The number of nitrogens with two attached hydrogens (primary N) is 1. The van der Waals surface area contributed by atoms with E-state index >= 15 is 0 Å². The van der Waals surface area contributed by atoms with Crippen LogP contribution in [0, 0.1) is 11.3 Å². The van der Waals surface area contributed by atoms with Crippen LogP contribution >= 0.6 is 11.6 Å². The van der Waals surface area contributed by atoms with Crippen LogP contribution in [-0.4, -0.2) is 31.4 Å². The fourth-order valence-electron chi connectivity index (χ4n) is 3.78. The van der Waals surface area contributed by atoms with E-state index in [9.17, 15) is 10.1 Å². The SMILES string of the molecule is C=CCOc1c(Cl)cc([C@@H]2C(C#N)=C(N)N(C)C3=C2C(=O)CCC3)cc1OC. The molecule has 2 N–H and O–H groups in total. The lowest BCUT2D eigenvalue weighted by Gasteiger charge is -2.37. The van der Waals surface area contributed by atoms with E-state index in [4.69, 9.17) is 26.8 Å². The fraction of sp³-hybridized carbons (Fsp3) is 0.333. The summed E-state index contributed by atoms with van der Waals surface area (Å²) in [5.74, 6) is 0.609. The molecule has 0 amide bonds. The molecule has 0 fully saturated rings. The van der Waals surface area contributed by atoms with Gasteiger partial charge in [-0.3, -0.25) is 4.79 Å². The number of nitriles is 1. The highest BCUT2D eigenvalue weighted by atomic mass is 35.5. The molecule has 0 saturated carbocycles. The lowest BCUT2D eigenvalue weighted by atomic mass is 9.76. The Bertz CT molecular complexity index is 943. The molecule has 0 spiro atoms. The first-order chi connectivity index (χ1) is 13.4. The summed E-state index contributed by atoms with van der Waals surface area (Å²) in [6.45, 7) is 3.90. The smallest absolute Gasteiger partial charge is 0.180 e. The van der Waals surface area contributed by atoms with Gasteiger partial charge < -0.3 is 20.1 Å². The van der Waals surface area contributed by atoms with Crippen molar-refractivity contribution in [2.24, 2.45) is 5.73 Å². The summed E-state index contributed by atoms with van der Waals surface area (Å²) < 4.78 is 11.1. The van der Waals surface area contributed by atoms with E-state index in [1.54, 1.807) is 30.2 Å². The highest BCUT2D eigenvalue weighted by molar-refractivity contribution is 6.32. The maximum atomic E-state index is 12.8. The summed E-state index contributed by atoms with van der Waals surface area (Å²) >= 11 is 6.45. The highest BCUT2D eigenvalue weighted by Crippen LogP contribution is 2.47. The van der Waals surface area contributed by atoms with Crippen molar-refractivity contribution in [1.82, 2.24) is 4.90 Å². The van der Waals surface area contributed by atoms with Gasteiger partial charge in [-0.15, -0.1) is 0 Å².